The summed E-state index contributed by atoms with van der Waals surface area (Å²) in [6.07, 6.45) is 53.9. The molecule has 0 heterocycles. The molecule has 6 heteroatoms. The Morgan fingerprint density at radius 1 is 0.368 bits per heavy atom. The molecule has 0 aliphatic rings. The molecule has 330 valence electrons. The van der Waals surface area contributed by atoms with Crippen LogP contribution in [0.15, 0.2) is 48.6 Å². The minimum absolute atomic E-state index is 0.0888. The fourth-order valence-corrected chi connectivity index (χ4v) is 6.70. The van der Waals surface area contributed by atoms with Crippen molar-refractivity contribution < 1.29 is 28.6 Å². The maximum atomic E-state index is 12.7. The Kier molecular flexibility index (Phi) is 43.9. The molecule has 0 rings (SSSR count). The van der Waals surface area contributed by atoms with Gasteiger partial charge in [0.25, 0.3) is 0 Å². The maximum absolute atomic E-state index is 12.7. The van der Waals surface area contributed by atoms with E-state index >= 15 is 0 Å². The van der Waals surface area contributed by atoms with Gasteiger partial charge in [0, 0.05) is 19.3 Å². The minimum atomic E-state index is -0.791. The molecule has 6 nitrogen and oxygen atoms in total. The second-order valence-corrected chi connectivity index (χ2v) is 16.0. The summed E-state index contributed by atoms with van der Waals surface area (Å²) in [5.41, 5.74) is 0. The normalized spacial score (nSPS) is 12.4. The van der Waals surface area contributed by atoms with Crippen molar-refractivity contribution in [3.63, 3.8) is 0 Å². The monoisotopic (exact) mass is 799 g/mol. The number of esters is 3. The van der Waals surface area contributed by atoms with Crippen LogP contribution >= 0.6 is 0 Å². The van der Waals surface area contributed by atoms with E-state index in [9.17, 15) is 14.4 Å². The van der Waals surface area contributed by atoms with Gasteiger partial charge < -0.3 is 14.2 Å². The van der Waals surface area contributed by atoms with Crippen LogP contribution in [0, 0.1) is 0 Å². The Morgan fingerprint density at radius 2 is 0.702 bits per heavy atom. The number of hydrogen-bond acceptors (Lipinski definition) is 6. The summed E-state index contributed by atoms with van der Waals surface area (Å²) < 4.78 is 16.7. The fraction of sp³-hybridized carbons (Fsp3) is 0.784. The van der Waals surface area contributed by atoms with Gasteiger partial charge in [-0.3, -0.25) is 14.4 Å². The first kappa shape index (κ1) is 54.4. The van der Waals surface area contributed by atoms with Gasteiger partial charge in [0.1, 0.15) is 13.2 Å². The second-order valence-electron chi connectivity index (χ2n) is 16.0. The van der Waals surface area contributed by atoms with Crippen molar-refractivity contribution >= 4 is 17.9 Å². The largest absolute Gasteiger partial charge is 0.462 e. The smallest absolute Gasteiger partial charge is 0.306 e. The standard InChI is InChI=1S/C51H90O6/c1-4-7-10-13-16-19-21-23-25-26-28-29-32-35-38-41-44-50(53)56-47-48(46-55-49(52)43-40-37-34-31-18-15-12-9-6-3)57-51(54)45-42-39-36-33-30-27-24-22-20-17-14-11-8-5-2/h8,11,17,20,24,27,31,34,48H,4-7,9-10,12-16,18-19,21-23,25-26,28-30,32-33,35-47H2,1-3H3/b11-8-,20-17-,27-24-,34-31-. The van der Waals surface area contributed by atoms with Gasteiger partial charge in [0.15, 0.2) is 6.10 Å². The first-order chi connectivity index (χ1) is 28.0. The molecule has 0 saturated carbocycles. The topological polar surface area (TPSA) is 78.9 Å². The van der Waals surface area contributed by atoms with Gasteiger partial charge in [-0.25, -0.2) is 0 Å². The molecule has 0 aliphatic heterocycles. The van der Waals surface area contributed by atoms with Crippen molar-refractivity contribution in [3.05, 3.63) is 48.6 Å². The summed E-state index contributed by atoms with van der Waals surface area (Å²) >= 11 is 0. The lowest BCUT2D eigenvalue weighted by atomic mass is 10.0. The zero-order chi connectivity index (χ0) is 41.5. The third-order valence-corrected chi connectivity index (χ3v) is 10.3. The highest BCUT2D eigenvalue weighted by Crippen LogP contribution is 2.15. The van der Waals surface area contributed by atoms with Crippen LogP contribution in [0.2, 0.25) is 0 Å². The predicted molar refractivity (Wildman–Crippen MR) is 242 cm³/mol. The fourth-order valence-electron chi connectivity index (χ4n) is 6.70. The Morgan fingerprint density at radius 3 is 1.18 bits per heavy atom. The molecule has 0 N–H and O–H groups in total. The lowest BCUT2D eigenvalue weighted by Gasteiger charge is -2.18. The highest BCUT2D eigenvalue weighted by molar-refractivity contribution is 5.71. The SMILES string of the molecule is CC/C=C\C/C=C\C/C=C\CCCCCCC(=O)OC(COC(=O)CCC/C=C\CCCCCC)COC(=O)CCCCCCCCCCCCCCCCCC. The second kappa shape index (κ2) is 46.1. The lowest BCUT2D eigenvalue weighted by molar-refractivity contribution is -0.167. The first-order valence-electron chi connectivity index (χ1n) is 24.1. The van der Waals surface area contributed by atoms with Gasteiger partial charge in [0.05, 0.1) is 0 Å². The van der Waals surface area contributed by atoms with Gasteiger partial charge in [-0.1, -0.05) is 198 Å². The zero-order valence-electron chi connectivity index (χ0n) is 37.6. The van der Waals surface area contributed by atoms with E-state index in [-0.39, 0.29) is 31.1 Å². The molecule has 0 aliphatic carbocycles. The quantitative estimate of drug-likeness (QED) is 0.0265. The number of carbonyl (C=O) groups excluding carboxylic acids is 3. The molecule has 0 spiro atoms. The van der Waals surface area contributed by atoms with E-state index < -0.39 is 6.10 Å². The van der Waals surface area contributed by atoms with Crippen LogP contribution in [0.25, 0.3) is 0 Å². The van der Waals surface area contributed by atoms with E-state index in [0.29, 0.717) is 25.7 Å². The van der Waals surface area contributed by atoms with E-state index in [1.54, 1.807) is 0 Å². The van der Waals surface area contributed by atoms with Crippen molar-refractivity contribution in [2.24, 2.45) is 0 Å². The maximum Gasteiger partial charge on any atom is 0.306 e. The number of unbranched alkanes of at least 4 members (excludes halogenated alkanes) is 24. The Balaban J connectivity index is 4.36. The van der Waals surface area contributed by atoms with E-state index in [4.69, 9.17) is 14.2 Å². The number of rotatable bonds is 43. The molecule has 1 atom stereocenters. The highest BCUT2D eigenvalue weighted by Gasteiger charge is 2.19. The molecule has 0 fully saturated rings. The minimum Gasteiger partial charge on any atom is -0.462 e. The van der Waals surface area contributed by atoms with Crippen LogP contribution in [-0.2, 0) is 28.6 Å². The number of hydrogen-bond donors (Lipinski definition) is 0. The lowest BCUT2D eigenvalue weighted by Crippen LogP contribution is -2.30. The molecule has 0 aromatic carbocycles. The van der Waals surface area contributed by atoms with E-state index in [2.05, 4.69) is 69.4 Å². The number of carbonyl (C=O) groups is 3. The van der Waals surface area contributed by atoms with Crippen molar-refractivity contribution in [3.8, 4) is 0 Å². The Hall–Kier alpha value is -2.63. The molecule has 0 bridgehead atoms. The predicted octanol–water partition coefficient (Wildman–Crippen LogP) is 15.5. The van der Waals surface area contributed by atoms with Gasteiger partial charge in [-0.15, -0.1) is 0 Å². The molecular formula is C51H90O6. The summed E-state index contributed by atoms with van der Waals surface area (Å²) in [6, 6.07) is 0. The van der Waals surface area contributed by atoms with Gasteiger partial charge in [0.2, 0.25) is 0 Å². The molecule has 0 aromatic rings. The number of ether oxygens (including phenoxy) is 3. The van der Waals surface area contributed by atoms with Crippen molar-refractivity contribution in [2.45, 2.75) is 245 Å². The van der Waals surface area contributed by atoms with E-state index in [1.165, 1.54) is 109 Å². The van der Waals surface area contributed by atoms with E-state index in [1.807, 2.05) is 0 Å². The number of allylic oxidation sites excluding steroid dienone is 8. The Labute approximate surface area is 352 Å². The molecule has 1 unspecified atom stereocenters. The highest BCUT2D eigenvalue weighted by atomic mass is 16.6. The third-order valence-electron chi connectivity index (χ3n) is 10.3. The summed E-state index contributed by atoms with van der Waals surface area (Å²) in [4.78, 5) is 37.7. The van der Waals surface area contributed by atoms with Crippen LogP contribution in [0.1, 0.15) is 239 Å². The summed E-state index contributed by atoms with van der Waals surface area (Å²) in [6.45, 7) is 6.45. The van der Waals surface area contributed by atoms with Crippen molar-refractivity contribution in [1.82, 2.24) is 0 Å². The van der Waals surface area contributed by atoms with Crippen LogP contribution in [-0.4, -0.2) is 37.2 Å². The molecule has 0 saturated heterocycles. The van der Waals surface area contributed by atoms with Crippen LogP contribution < -0.4 is 0 Å². The summed E-state index contributed by atoms with van der Waals surface area (Å²) in [7, 11) is 0. The summed E-state index contributed by atoms with van der Waals surface area (Å²) in [5, 5.41) is 0. The average molecular weight is 799 g/mol. The van der Waals surface area contributed by atoms with Gasteiger partial charge in [-0.05, 0) is 70.6 Å². The average Bonchev–Trinajstić information content (AvgIpc) is 3.21. The van der Waals surface area contributed by atoms with Crippen LogP contribution in [0.4, 0.5) is 0 Å². The molecular weight excluding hydrogens is 709 g/mol. The van der Waals surface area contributed by atoms with Crippen LogP contribution in [0.3, 0.4) is 0 Å². The Bertz CT molecular complexity index is 1010. The molecule has 57 heavy (non-hydrogen) atoms. The molecule has 0 radical (unpaired) electrons. The third kappa shape index (κ3) is 44.3. The first-order valence-corrected chi connectivity index (χ1v) is 24.1. The van der Waals surface area contributed by atoms with Gasteiger partial charge >= 0.3 is 17.9 Å². The zero-order valence-corrected chi connectivity index (χ0v) is 37.6. The molecule has 0 aromatic heterocycles. The van der Waals surface area contributed by atoms with Gasteiger partial charge in [-0.2, -0.15) is 0 Å². The van der Waals surface area contributed by atoms with Crippen molar-refractivity contribution in [1.29, 1.82) is 0 Å². The van der Waals surface area contributed by atoms with Crippen LogP contribution in [0.5, 0.6) is 0 Å². The van der Waals surface area contributed by atoms with E-state index in [0.717, 1.165) is 83.5 Å². The van der Waals surface area contributed by atoms with Crippen molar-refractivity contribution in [2.75, 3.05) is 13.2 Å². The molecule has 0 amide bonds. The summed E-state index contributed by atoms with van der Waals surface area (Å²) in [5.74, 6) is -0.945.